The van der Waals surface area contributed by atoms with Gasteiger partial charge in [0, 0.05) is 85.9 Å². The molecule has 14 rings (SSSR count). The first-order valence-electron chi connectivity index (χ1n) is 31.0. The molecule has 4 aromatic heterocycles. The molecule has 0 amide bonds. The van der Waals surface area contributed by atoms with Gasteiger partial charge in [-0.15, -0.1) is 24.3 Å². The summed E-state index contributed by atoms with van der Waals surface area (Å²) in [6.07, 6.45) is 5.38. The van der Waals surface area contributed by atoms with E-state index in [-0.39, 0.29) is 54.4 Å². The van der Waals surface area contributed by atoms with Crippen molar-refractivity contribution < 1.29 is 44.1 Å². The maximum Gasteiger partial charge on any atom is 0.268 e. The van der Waals surface area contributed by atoms with Gasteiger partial charge in [-0.05, 0) is 104 Å². The Morgan fingerprint density at radius 1 is 0.550 bits per heavy atom. The summed E-state index contributed by atoms with van der Waals surface area (Å²) < 4.78 is 104. The monoisotopic (exact) mass is 1220 g/mol. The smallest absolute Gasteiger partial charge is 0.268 e. The van der Waals surface area contributed by atoms with Crippen LogP contribution in [-0.2, 0) is 26.5 Å². The van der Waals surface area contributed by atoms with Crippen LogP contribution >= 0.6 is 0 Å². The molecular weight excluding hydrogens is 1160 g/mol. The summed E-state index contributed by atoms with van der Waals surface area (Å²) in [5, 5.41) is 4.03. The maximum absolute atomic E-state index is 9.25. The minimum Gasteiger partial charge on any atom is -0.508 e. The fraction of sp³-hybridized carbons (Fsp3) is 0.0833. The van der Waals surface area contributed by atoms with Gasteiger partial charge in [-0.2, -0.15) is 12.1 Å². The van der Waals surface area contributed by atoms with Crippen molar-refractivity contribution in [2.45, 2.75) is 26.2 Å². The van der Waals surface area contributed by atoms with Crippen LogP contribution in [-0.4, -0.2) is 32.8 Å². The van der Waals surface area contributed by atoms with Gasteiger partial charge in [0.25, 0.3) is 6.33 Å². The Labute approximate surface area is 494 Å². The third-order valence-electron chi connectivity index (χ3n) is 14.7. The Bertz CT molecular complexity index is 5090. The van der Waals surface area contributed by atoms with Gasteiger partial charge in [0.15, 0.2) is 0 Å². The zero-order valence-electron chi connectivity index (χ0n) is 54.2. The van der Waals surface area contributed by atoms with Crippen LogP contribution in [0.15, 0.2) is 236 Å². The molecule has 0 saturated heterocycles. The number of benzene rings is 10. The molecule has 10 aromatic carbocycles. The van der Waals surface area contributed by atoms with Crippen LogP contribution in [0.3, 0.4) is 0 Å². The van der Waals surface area contributed by atoms with E-state index in [9.17, 15) is 5.48 Å². The van der Waals surface area contributed by atoms with Crippen LogP contribution < -0.4 is 14.2 Å². The fourth-order valence-electron chi connectivity index (χ4n) is 10.9. The Hall–Kier alpha value is -9.29. The maximum atomic E-state index is 9.25. The molecule has 0 aliphatic heterocycles. The minimum absolute atomic E-state index is 0. The van der Waals surface area contributed by atoms with Crippen LogP contribution in [0.5, 0.6) is 11.5 Å². The molecule has 7 nitrogen and oxygen atoms in total. The summed E-state index contributed by atoms with van der Waals surface area (Å²) in [6, 6.07) is 57.9. The zero-order chi connectivity index (χ0) is 62.1. The zero-order valence-corrected chi connectivity index (χ0v) is 46.4. The van der Waals surface area contributed by atoms with E-state index in [0.29, 0.717) is 39.7 Å². The predicted octanol–water partition coefficient (Wildman–Crippen LogP) is 17.1. The topological polar surface area (TPSA) is 44.0 Å². The quantitative estimate of drug-likeness (QED) is 0.101. The van der Waals surface area contributed by atoms with E-state index in [0.717, 1.165) is 66.0 Å². The van der Waals surface area contributed by atoms with Gasteiger partial charge < -0.3 is 23.3 Å². The van der Waals surface area contributed by atoms with Gasteiger partial charge in [-0.3, -0.25) is 4.57 Å². The molecule has 0 unspecified atom stereocenters. The van der Waals surface area contributed by atoms with E-state index in [1.165, 1.54) is 0 Å². The van der Waals surface area contributed by atoms with E-state index in [1.807, 2.05) is 104 Å². The largest absolute Gasteiger partial charge is 0.508 e. The summed E-state index contributed by atoms with van der Waals surface area (Å²) in [4.78, 5) is 6.95. The molecule has 0 radical (unpaired) electrons. The number of pyridine rings is 1. The minimum atomic E-state index is -0.585. The van der Waals surface area contributed by atoms with Gasteiger partial charge in [0.2, 0.25) is 0 Å². The first-order valence-corrected chi connectivity index (χ1v) is 26.0. The Morgan fingerprint density at radius 3 is 1.86 bits per heavy atom. The molecule has 4 heterocycles. The molecule has 0 atom stereocenters. The van der Waals surface area contributed by atoms with Crippen molar-refractivity contribution in [3.8, 4) is 67.8 Å². The number of anilines is 1. The van der Waals surface area contributed by atoms with E-state index >= 15 is 0 Å². The van der Waals surface area contributed by atoms with Crippen LogP contribution in [0, 0.1) is 18.5 Å². The van der Waals surface area contributed by atoms with Gasteiger partial charge in [-0.1, -0.05) is 195 Å². The van der Waals surface area contributed by atoms with E-state index < -0.39 is 60.4 Å². The molecule has 0 spiro atoms. The fourth-order valence-corrected chi connectivity index (χ4v) is 10.9. The first kappa shape index (κ1) is 40.0. The molecule has 8 heteroatoms. The van der Waals surface area contributed by atoms with E-state index in [1.54, 1.807) is 27.3 Å². The Kier molecular flexibility index (Phi) is 10.1. The molecule has 0 aliphatic rings. The van der Waals surface area contributed by atoms with Crippen molar-refractivity contribution in [3.63, 3.8) is 0 Å². The first-order chi connectivity index (χ1) is 42.8. The summed E-state index contributed by atoms with van der Waals surface area (Å²) in [5.41, 5.74) is 9.72. The molecule has 0 aliphatic carbocycles. The molecule has 80 heavy (non-hydrogen) atoms. The second kappa shape index (κ2) is 20.2. The number of ether oxygens (including phenoxy) is 1. The third kappa shape index (κ3) is 8.66. The molecular formula is C72H54N6OPt-2. The molecule has 0 N–H and O–H groups in total. The number of aromatic nitrogens is 5. The number of hydrogen-bond acceptors (Lipinski definition) is 3. The van der Waals surface area contributed by atoms with E-state index in [2.05, 4.69) is 121 Å². The van der Waals surface area contributed by atoms with Crippen molar-refractivity contribution in [3.05, 3.63) is 261 Å². The van der Waals surface area contributed by atoms with Crippen LogP contribution in [0.2, 0.25) is 0 Å². The van der Waals surface area contributed by atoms with Crippen molar-refractivity contribution in [2.75, 3.05) is 19.0 Å². The van der Waals surface area contributed by atoms with Crippen molar-refractivity contribution in [1.29, 1.82) is 0 Å². The number of rotatable bonds is 10. The predicted molar refractivity (Wildman–Crippen MR) is 324 cm³/mol. The normalized spacial score (nSPS) is 13.5. The van der Waals surface area contributed by atoms with Crippen molar-refractivity contribution >= 4 is 60.3 Å². The van der Waals surface area contributed by atoms with Crippen LogP contribution in [0.4, 0.5) is 5.69 Å². The summed E-state index contributed by atoms with van der Waals surface area (Å²) in [6.45, 7) is 6.56. The van der Waals surface area contributed by atoms with Gasteiger partial charge >= 0.3 is 0 Å². The SMILES string of the molecule is [2H]c1c([2H])c([2H])c(-c2cccc(-c3c([2H])c([2H])c([2H])c([2H])c3[2H])c2-[n+]2[c-]n(-c3[c-]c(Oc4[c-]c5c(cc4-n4c6ccccc6c6ccccc64)c4cc(-c6ccccc6)ccc4n5-c4cc(C(C)(C)C)ccn4)ccc3)c3ccc(N(C)C)cc32)c([2H])c1[2H].[Pt]. The van der Waals surface area contributed by atoms with Gasteiger partial charge in [0.1, 0.15) is 5.82 Å². The number of nitrogens with zero attached hydrogens (tertiary/aromatic N) is 6. The number of para-hydroxylation sites is 3. The van der Waals surface area contributed by atoms with Crippen LogP contribution in [0.25, 0.3) is 111 Å². The van der Waals surface area contributed by atoms with Gasteiger partial charge in [0.05, 0.1) is 30.4 Å². The number of hydrogen-bond donors (Lipinski definition) is 0. The molecule has 0 saturated carbocycles. The molecule has 0 bridgehead atoms. The van der Waals surface area contributed by atoms with Crippen molar-refractivity contribution in [2.24, 2.45) is 0 Å². The van der Waals surface area contributed by atoms with Crippen molar-refractivity contribution in [1.82, 2.24) is 18.7 Å². The Morgan fingerprint density at radius 2 is 1.19 bits per heavy atom. The molecule has 0 fully saturated rings. The third-order valence-corrected chi connectivity index (χ3v) is 14.7. The van der Waals surface area contributed by atoms with Crippen LogP contribution in [0.1, 0.15) is 40.0 Å². The Balaban J connectivity index is 0.00000743. The number of imidazole rings is 1. The average Bonchev–Trinajstić information content (AvgIpc) is 1.47. The molecule has 14 aromatic rings. The summed E-state index contributed by atoms with van der Waals surface area (Å²) in [5.74, 6) is 1.42. The second-order valence-electron chi connectivity index (χ2n) is 20.7. The average molecular weight is 1220 g/mol. The summed E-state index contributed by atoms with van der Waals surface area (Å²) in [7, 11) is 3.78. The van der Waals surface area contributed by atoms with E-state index in [4.69, 9.17) is 17.9 Å². The summed E-state index contributed by atoms with van der Waals surface area (Å²) >= 11 is 0. The standard InChI is InChI=1S/C72H54N6O.Pt/c1-72(2,3)52-39-40-73-70(42-52)78-64-37-35-51(48-21-9-6-10-22-48)41-60(64)61-45-68(77-62-33-17-15-29-58(62)59-30-16-18-34-63(59)77)69(46-66(61)78)79-55-28-19-27-54(43-55)75-47-76(67-44-53(74(4)5)36-38-65(67)75)71-56(49-23-11-7-12-24-49)31-20-32-57(71)50-25-13-8-14-26-50;/h6-42,44-45H,1-5H3;/q-2;/i7D,8D,11D,12D,13D,14D,23D,24D,25D,26D;. The van der Waals surface area contributed by atoms with Gasteiger partial charge in [-0.25, -0.2) is 4.98 Å². The number of fused-ring (bicyclic) bond motifs is 7. The molecule has 390 valence electrons. The second-order valence-corrected chi connectivity index (χ2v) is 20.7.